The number of rotatable bonds is 6. The number of amides is 1. The number of hydrogen-bond acceptors (Lipinski definition) is 4. The molecule has 1 amide bonds. The third kappa shape index (κ3) is 5.51. The lowest BCUT2D eigenvalue weighted by atomic mass is 10.1. The van der Waals surface area contributed by atoms with Gasteiger partial charge in [-0.1, -0.05) is 35.9 Å². The molecule has 1 saturated heterocycles. The Morgan fingerprint density at radius 1 is 0.938 bits per heavy atom. The molecule has 0 aliphatic carbocycles. The Kier molecular flexibility index (Phi) is 6.81. The molecule has 1 aromatic heterocycles. The number of piperazine rings is 1. The van der Waals surface area contributed by atoms with E-state index in [1.54, 1.807) is 17.0 Å². The van der Waals surface area contributed by atoms with Gasteiger partial charge in [0.15, 0.2) is 0 Å². The minimum atomic E-state index is -0.321. The third-order valence-corrected chi connectivity index (χ3v) is 5.89. The maximum Gasteiger partial charge on any atom is 0.231 e. The second-order valence-corrected chi connectivity index (χ2v) is 8.43. The first-order valence-electron chi connectivity index (χ1n) is 11.0. The van der Waals surface area contributed by atoms with Gasteiger partial charge in [-0.3, -0.25) is 4.79 Å². The predicted octanol–water partition coefficient (Wildman–Crippen LogP) is 4.06. The number of pyridine rings is 1. The zero-order valence-corrected chi connectivity index (χ0v) is 18.7. The van der Waals surface area contributed by atoms with Crippen LogP contribution in [0.1, 0.15) is 16.7 Å². The number of hydrogen-bond donors (Lipinski definition) is 0. The molecule has 0 saturated carbocycles. The highest BCUT2D eigenvalue weighted by molar-refractivity contribution is 5.94. The first-order valence-corrected chi connectivity index (χ1v) is 11.0. The smallest absolute Gasteiger partial charge is 0.231 e. The van der Waals surface area contributed by atoms with Gasteiger partial charge in [0.2, 0.25) is 5.91 Å². The zero-order chi connectivity index (χ0) is 22.5. The summed E-state index contributed by atoms with van der Waals surface area (Å²) < 4.78 is 13.5. The summed E-state index contributed by atoms with van der Waals surface area (Å²) in [6, 6.07) is 18.1. The summed E-state index contributed by atoms with van der Waals surface area (Å²) >= 11 is 0. The van der Waals surface area contributed by atoms with Crippen LogP contribution in [0.5, 0.6) is 0 Å². The van der Waals surface area contributed by atoms with E-state index in [9.17, 15) is 9.18 Å². The number of aromatic nitrogens is 1. The molecule has 166 valence electrons. The van der Waals surface area contributed by atoms with Crippen LogP contribution in [0.4, 0.5) is 15.9 Å². The first kappa shape index (κ1) is 22.0. The molecule has 1 fully saturated rings. The molecule has 4 rings (SSSR count). The van der Waals surface area contributed by atoms with Gasteiger partial charge < -0.3 is 14.7 Å². The highest BCUT2D eigenvalue weighted by Crippen LogP contribution is 2.21. The number of anilines is 2. The molecule has 6 heteroatoms. The van der Waals surface area contributed by atoms with Gasteiger partial charge in [-0.25, -0.2) is 9.37 Å². The van der Waals surface area contributed by atoms with E-state index >= 15 is 0 Å². The van der Waals surface area contributed by atoms with Crippen molar-refractivity contribution in [1.82, 2.24) is 9.88 Å². The topological polar surface area (TPSA) is 39.7 Å². The summed E-state index contributed by atoms with van der Waals surface area (Å²) in [6.07, 6.45) is 2.12. The average Bonchev–Trinajstić information content (AvgIpc) is 2.81. The molecule has 32 heavy (non-hydrogen) atoms. The minimum Gasteiger partial charge on any atom is -0.354 e. The molecule has 0 unspecified atom stereocenters. The third-order valence-electron chi connectivity index (χ3n) is 5.89. The van der Waals surface area contributed by atoms with E-state index in [0.29, 0.717) is 12.2 Å². The van der Waals surface area contributed by atoms with Crippen LogP contribution in [-0.2, 0) is 17.8 Å². The summed E-state index contributed by atoms with van der Waals surface area (Å²) in [7, 11) is 2.13. The first-order chi connectivity index (χ1) is 15.5. The molecule has 0 N–H and O–H groups in total. The van der Waals surface area contributed by atoms with Crippen molar-refractivity contribution in [2.45, 2.75) is 19.9 Å². The summed E-state index contributed by atoms with van der Waals surface area (Å²) in [4.78, 5) is 24.2. The van der Waals surface area contributed by atoms with Crippen LogP contribution in [0.2, 0.25) is 0 Å². The van der Waals surface area contributed by atoms with Crippen molar-refractivity contribution >= 4 is 17.4 Å². The van der Waals surface area contributed by atoms with Gasteiger partial charge in [-0.2, -0.15) is 0 Å². The maximum absolute atomic E-state index is 13.5. The van der Waals surface area contributed by atoms with Crippen LogP contribution >= 0.6 is 0 Å². The number of benzene rings is 2. The van der Waals surface area contributed by atoms with Crippen LogP contribution < -0.4 is 9.80 Å². The lowest BCUT2D eigenvalue weighted by Gasteiger charge is -2.33. The summed E-state index contributed by atoms with van der Waals surface area (Å²) in [6.45, 7) is 6.37. The second kappa shape index (κ2) is 9.92. The SMILES string of the molecule is Cc1ccc(CC(=O)N(Cc2ccc(N3CCN(C)CC3)nc2)c2ccc(F)cc2)cc1. The lowest BCUT2D eigenvalue weighted by Crippen LogP contribution is -2.44. The number of halogens is 1. The van der Waals surface area contributed by atoms with Gasteiger partial charge >= 0.3 is 0 Å². The van der Waals surface area contributed by atoms with Crippen LogP contribution in [-0.4, -0.2) is 49.0 Å². The molecule has 0 bridgehead atoms. The Labute approximate surface area is 189 Å². The molecule has 2 aromatic carbocycles. The van der Waals surface area contributed by atoms with E-state index in [-0.39, 0.29) is 18.1 Å². The number of aryl methyl sites for hydroxylation is 1. The van der Waals surface area contributed by atoms with Gasteiger partial charge in [0.25, 0.3) is 0 Å². The van der Waals surface area contributed by atoms with Gasteiger partial charge in [0, 0.05) is 38.1 Å². The van der Waals surface area contributed by atoms with Crippen LogP contribution in [0.25, 0.3) is 0 Å². The van der Waals surface area contributed by atoms with Crippen molar-refractivity contribution in [3.05, 3.63) is 89.4 Å². The van der Waals surface area contributed by atoms with E-state index in [0.717, 1.165) is 48.7 Å². The fourth-order valence-corrected chi connectivity index (χ4v) is 3.84. The Bertz CT molecular complexity index is 1030. The predicted molar refractivity (Wildman–Crippen MR) is 126 cm³/mol. The fourth-order valence-electron chi connectivity index (χ4n) is 3.84. The van der Waals surface area contributed by atoms with Crippen LogP contribution in [0.15, 0.2) is 66.9 Å². The van der Waals surface area contributed by atoms with Gasteiger partial charge in [-0.05, 0) is 55.4 Å². The molecule has 0 atom stereocenters. The Hall–Kier alpha value is -3.25. The second-order valence-electron chi connectivity index (χ2n) is 8.43. The lowest BCUT2D eigenvalue weighted by molar-refractivity contribution is -0.118. The zero-order valence-electron chi connectivity index (χ0n) is 18.7. The minimum absolute atomic E-state index is 0.0383. The summed E-state index contributed by atoms with van der Waals surface area (Å²) in [5, 5.41) is 0. The highest BCUT2D eigenvalue weighted by Gasteiger charge is 2.19. The molecular formula is C26H29FN4O. The molecule has 1 aliphatic rings. The van der Waals surface area contributed by atoms with Crippen molar-refractivity contribution < 1.29 is 9.18 Å². The Balaban J connectivity index is 1.51. The molecule has 0 radical (unpaired) electrons. The van der Waals surface area contributed by atoms with E-state index in [1.807, 2.05) is 49.5 Å². The molecular weight excluding hydrogens is 403 g/mol. The molecule has 0 spiro atoms. The van der Waals surface area contributed by atoms with Crippen LogP contribution in [0.3, 0.4) is 0 Å². The quantitative estimate of drug-likeness (QED) is 0.589. The fraction of sp³-hybridized carbons (Fsp3) is 0.308. The molecule has 1 aliphatic heterocycles. The number of likely N-dealkylation sites (N-methyl/N-ethyl adjacent to an activating group) is 1. The average molecular weight is 433 g/mol. The van der Waals surface area contributed by atoms with Crippen molar-refractivity contribution in [2.24, 2.45) is 0 Å². The normalized spacial score (nSPS) is 14.4. The molecule has 3 aromatic rings. The highest BCUT2D eigenvalue weighted by atomic mass is 19.1. The van der Waals surface area contributed by atoms with Crippen LogP contribution in [0, 0.1) is 12.7 Å². The van der Waals surface area contributed by atoms with Crippen molar-refractivity contribution in [1.29, 1.82) is 0 Å². The standard InChI is InChI=1S/C26H29FN4O/c1-20-3-5-21(6-4-20)17-26(32)31(24-10-8-23(27)9-11-24)19-22-7-12-25(28-18-22)30-15-13-29(2)14-16-30/h3-12,18H,13-17,19H2,1-2H3. The van der Waals surface area contributed by atoms with Gasteiger partial charge in [-0.15, -0.1) is 0 Å². The van der Waals surface area contributed by atoms with Crippen molar-refractivity contribution in [3.8, 4) is 0 Å². The number of nitrogens with zero attached hydrogens (tertiary/aromatic N) is 4. The monoisotopic (exact) mass is 432 g/mol. The molecule has 5 nitrogen and oxygen atoms in total. The Morgan fingerprint density at radius 3 is 2.22 bits per heavy atom. The summed E-state index contributed by atoms with van der Waals surface area (Å²) in [5.41, 5.74) is 3.72. The summed E-state index contributed by atoms with van der Waals surface area (Å²) in [5.74, 6) is 0.600. The number of carbonyl (C=O) groups is 1. The largest absolute Gasteiger partial charge is 0.354 e. The molecule has 2 heterocycles. The van der Waals surface area contributed by atoms with E-state index in [2.05, 4.69) is 21.8 Å². The van der Waals surface area contributed by atoms with Crippen molar-refractivity contribution in [2.75, 3.05) is 43.0 Å². The number of carbonyl (C=O) groups excluding carboxylic acids is 1. The maximum atomic E-state index is 13.5. The van der Waals surface area contributed by atoms with E-state index in [4.69, 9.17) is 0 Å². The van der Waals surface area contributed by atoms with Crippen molar-refractivity contribution in [3.63, 3.8) is 0 Å². The van der Waals surface area contributed by atoms with E-state index in [1.165, 1.54) is 12.1 Å². The Morgan fingerprint density at radius 2 is 1.59 bits per heavy atom. The van der Waals surface area contributed by atoms with Gasteiger partial charge in [0.1, 0.15) is 11.6 Å². The van der Waals surface area contributed by atoms with E-state index < -0.39 is 0 Å². The van der Waals surface area contributed by atoms with Gasteiger partial charge in [0.05, 0.1) is 13.0 Å².